The highest BCUT2D eigenvalue weighted by molar-refractivity contribution is 6.33. The van der Waals surface area contributed by atoms with Crippen LogP contribution in [0.3, 0.4) is 0 Å². The highest BCUT2D eigenvalue weighted by atomic mass is 35.5. The first-order valence-corrected chi connectivity index (χ1v) is 12.3. The summed E-state index contributed by atoms with van der Waals surface area (Å²) >= 11 is 6.46. The van der Waals surface area contributed by atoms with Gasteiger partial charge >= 0.3 is 5.97 Å². The number of anilines is 3. The molecule has 1 amide bonds. The van der Waals surface area contributed by atoms with Crippen LogP contribution in [0.15, 0.2) is 35.1 Å². The molecule has 1 saturated heterocycles. The van der Waals surface area contributed by atoms with Crippen molar-refractivity contribution in [1.82, 2.24) is 14.9 Å². The number of benzene rings is 1. The van der Waals surface area contributed by atoms with Gasteiger partial charge in [0.15, 0.2) is 18.2 Å². The first kappa shape index (κ1) is 26.8. The Balaban J connectivity index is 1.68. The third-order valence-electron chi connectivity index (χ3n) is 6.48. The fraction of sp³-hybridized carbons (Fsp3) is 0.346. The Bertz CT molecular complexity index is 1510. The predicted molar refractivity (Wildman–Crippen MR) is 143 cm³/mol. The minimum atomic E-state index is -0.878. The number of piperidine rings is 1. The van der Waals surface area contributed by atoms with Crippen molar-refractivity contribution < 1.29 is 19.4 Å². The Hall–Kier alpha value is -4.30. The number of pyridine rings is 2. The number of nitrogens with one attached hydrogen (secondary N) is 2. The van der Waals surface area contributed by atoms with E-state index in [0.717, 1.165) is 0 Å². The number of carboxylic acids is 1. The Morgan fingerprint density at radius 3 is 2.74 bits per heavy atom. The molecule has 0 bridgehead atoms. The molecule has 0 saturated carbocycles. The van der Waals surface area contributed by atoms with Crippen molar-refractivity contribution in [3.8, 4) is 11.8 Å². The van der Waals surface area contributed by atoms with Crippen molar-refractivity contribution in [2.24, 2.45) is 18.9 Å². The number of hydrogen-bond acceptors (Lipinski definition) is 8. The molecule has 1 aromatic carbocycles. The molecule has 2 aromatic heterocycles. The number of hydrogen-bond donors (Lipinski definition) is 3. The van der Waals surface area contributed by atoms with Gasteiger partial charge in [0, 0.05) is 38.3 Å². The molecular formula is C26H27ClN6O5. The molecule has 4 rings (SSSR count). The van der Waals surface area contributed by atoms with Crippen LogP contribution in [0.1, 0.15) is 18.9 Å². The molecule has 0 aliphatic carbocycles. The smallest absolute Gasteiger partial charge is 0.308 e. The van der Waals surface area contributed by atoms with E-state index >= 15 is 0 Å². The van der Waals surface area contributed by atoms with E-state index < -0.39 is 11.9 Å². The second kappa shape index (κ2) is 11.0. The van der Waals surface area contributed by atoms with Gasteiger partial charge < -0.3 is 29.9 Å². The molecule has 3 heterocycles. The molecule has 2 atom stereocenters. The van der Waals surface area contributed by atoms with Gasteiger partial charge in [0.2, 0.25) is 0 Å². The van der Waals surface area contributed by atoms with Gasteiger partial charge in [-0.1, -0.05) is 18.5 Å². The molecule has 1 aliphatic rings. The van der Waals surface area contributed by atoms with Crippen LogP contribution in [-0.4, -0.2) is 53.3 Å². The van der Waals surface area contributed by atoms with Crippen molar-refractivity contribution in [1.29, 1.82) is 5.26 Å². The zero-order valence-corrected chi connectivity index (χ0v) is 21.9. The maximum Gasteiger partial charge on any atom is 0.308 e. The van der Waals surface area contributed by atoms with Crippen molar-refractivity contribution in [3.05, 3.63) is 51.3 Å². The molecule has 12 heteroatoms. The van der Waals surface area contributed by atoms with Gasteiger partial charge in [-0.25, -0.2) is 4.98 Å². The molecule has 0 spiro atoms. The van der Waals surface area contributed by atoms with Crippen LogP contribution >= 0.6 is 11.6 Å². The van der Waals surface area contributed by atoms with Crippen molar-refractivity contribution in [2.45, 2.75) is 13.3 Å². The van der Waals surface area contributed by atoms with Crippen LogP contribution in [0.5, 0.6) is 5.75 Å². The van der Waals surface area contributed by atoms with E-state index in [1.807, 2.05) is 11.8 Å². The maximum atomic E-state index is 12.6. The third kappa shape index (κ3) is 5.50. The fourth-order valence-corrected chi connectivity index (χ4v) is 4.78. The van der Waals surface area contributed by atoms with Gasteiger partial charge in [-0.05, 0) is 42.7 Å². The molecule has 3 aromatic rings. The lowest BCUT2D eigenvalue weighted by Crippen LogP contribution is -2.43. The minimum Gasteiger partial charge on any atom is -0.481 e. The first-order chi connectivity index (χ1) is 18.1. The average molecular weight is 539 g/mol. The number of likely N-dealkylation sites (N-methyl/N-ethyl adjacent to an activating group) is 1. The summed E-state index contributed by atoms with van der Waals surface area (Å²) < 4.78 is 6.85. The number of halogens is 1. The molecule has 3 N–H and O–H groups in total. The summed E-state index contributed by atoms with van der Waals surface area (Å²) in [6, 6.07) is 10.5. The van der Waals surface area contributed by atoms with Crippen LogP contribution in [-0.2, 0) is 16.6 Å². The topological polar surface area (TPSA) is 150 Å². The van der Waals surface area contributed by atoms with E-state index in [-0.39, 0.29) is 46.9 Å². The maximum absolute atomic E-state index is 12.6. The van der Waals surface area contributed by atoms with Gasteiger partial charge in [-0.3, -0.25) is 14.4 Å². The monoisotopic (exact) mass is 538 g/mol. The zero-order chi connectivity index (χ0) is 27.6. The average Bonchev–Trinajstić information content (AvgIpc) is 2.90. The first-order valence-electron chi connectivity index (χ1n) is 11.9. The lowest BCUT2D eigenvalue weighted by atomic mass is 9.90. The Labute approximate surface area is 223 Å². The minimum absolute atomic E-state index is 0.0322. The Kier molecular flexibility index (Phi) is 7.73. The fourth-order valence-electron chi connectivity index (χ4n) is 4.58. The van der Waals surface area contributed by atoms with E-state index in [1.54, 1.807) is 31.3 Å². The molecular weight excluding hydrogens is 512 g/mol. The summed E-state index contributed by atoms with van der Waals surface area (Å²) in [5.74, 6) is -1.00. The van der Waals surface area contributed by atoms with Crippen LogP contribution in [0.2, 0.25) is 5.02 Å². The summed E-state index contributed by atoms with van der Waals surface area (Å²) in [7, 11) is 3.09. The predicted octanol–water partition coefficient (Wildman–Crippen LogP) is 2.87. The van der Waals surface area contributed by atoms with Gasteiger partial charge in [0.25, 0.3) is 11.5 Å². The van der Waals surface area contributed by atoms with Crippen LogP contribution < -0.4 is 25.8 Å². The molecule has 0 unspecified atom stereocenters. The highest BCUT2D eigenvalue weighted by Gasteiger charge is 2.31. The number of rotatable bonds is 7. The zero-order valence-electron chi connectivity index (χ0n) is 21.1. The van der Waals surface area contributed by atoms with Crippen LogP contribution in [0.4, 0.5) is 17.3 Å². The van der Waals surface area contributed by atoms with Crippen molar-refractivity contribution in [3.63, 3.8) is 0 Å². The van der Waals surface area contributed by atoms with Crippen molar-refractivity contribution in [2.75, 3.05) is 37.0 Å². The van der Waals surface area contributed by atoms with Crippen molar-refractivity contribution >= 4 is 51.7 Å². The Morgan fingerprint density at radius 2 is 2.05 bits per heavy atom. The van der Waals surface area contributed by atoms with Gasteiger partial charge in [0.1, 0.15) is 11.9 Å². The van der Waals surface area contributed by atoms with E-state index in [1.165, 1.54) is 17.7 Å². The lowest BCUT2D eigenvalue weighted by molar-refractivity contribution is -0.142. The molecule has 1 fully saturated rings. The summed E-state index contributed by atoms with van der Waals surface area (Å²) in [6.45, 7) is 2.49. The third-order valence-corrected chi connectivity index (χ3v) is 6.76. The molecule has 1 aliphatic heterocycles. The second-order valence-electron chi connectivity index (χ2n) is 9.32. The SMILES string of the molecule is CNC(=O)COc1cc2cc(Nc3nc(N4C[C@H](C)C[C@H](C(=O)O)C4)c(C#N)cc3Cl)ccc2n(C)c1=O. The quantitative estimate of drug-likeness (QED) is 0.412. The number of aliphatic carboxylic acids is 1. The number of amides is 1. The van der Waals surface area contributed by atoms with E-state index in [2.05, 4.69) is 21.7 Å². The van der Waals surface area contributed by atoms with Gasteiger partial charge in [-0.2, -0.15) is 5.26 Å². The summed E-state index contributed by atoms with van der Waals surface area (Å²) in [4.78, 5) is 42.3. The van der Waals surface area contributed by atoms with E-state index in [0.29, 0.717) is 41.2 Å². The number of carbonyl (C=O) groups is 2. The van der Waals surface area contributed by atoms with Gasteiger partial charge in [-0.15, -0.1) is 0 Å². The number of aromatic nitrogens is 2. The van der Waals surface area contributed by atoms with Gasteiger partial charge in [0.05, 0.1) is 22.0 Å². The summed E-state index contributed by atoms with van der Waals surface area (Å²) in [6.07, 6.45) is 0.556. The number of nitriles is 1. The normalized spacial score (nSPS) is 17.1. The number of aryl methyl sites for hydroxylation is 1. The highest BCUT2D eigenvalue weighted by Crippen LogP contribution is 2.34. The largest absolute Gasteiger partial charge is 0.481 e. The summed E-state index contributed by atoms with van der Waals surface area (Å²) in [5, 5.41) is 25.8. The number of nitrogens with zero attached hydrogens (tertiary/aromatic N) is 4. The molecule has 11 nitrogen and oxygen atoms in total. The van der Waals surface area contributed by atoms with Crippen LogP contribution in [0, 0.1) is 23.2 Å². The molecule has 0 radical (unpaired) electrons. The lowest BCUT2D eigenvalue weighted by Gasteiger charge is -2.36. The number of carboxylic acid groups (broad SMARTS) is 1. The number of carbonyl (C=O) groups excluding carboxylic acids is 1. The summed E-state index contributed by atoms with van der Waals surface area (Å²) in [5.41, 5.74) is 1.13. The number of ether oxygens (including phenoxy) is 1. The molecule has 38 heavy (non-hydrogen) atoms. The number of fused-ring (bicyclic) bond motifs is 1. The molecule has 198 valence electrons. The van der Waals surface area contributed by atoms with E-state index in [4.69, 9.17) is 16.3 Å². The second-order valence-corrected chi connectivity index (χ2v) is 9.72. The van der Waals surface area contributed by atoms with Crippen LogP contribution in [0.25, 0.3) is 10.9 Å². The Morgan fingerprint density at radius 1 is 1.29 bits per heavy atom. The van der Waals surface area contributed by atoms with E-state index in [9.17, 15) is 24.8 Å². The standard InChI is InChI=1S/C26H27ClN6O5/c1-14-6-17(26(36)37)12-33(11-14)24-16(10-28)8-19(27)23(31-24)30-18-4-5-20-15(7-18)9-21(25(35)32(20)3)38-13-22(34)29-2/h4-5,7-9,14,17H,6,11-13H2,1-3H3,(H,29,34)(H,30,31)(H,36,37)/t14-,17+/m1/s1.